The molecule has 0 amide bonds. The van der Waals surface area contributed by atoms with Crippen LogP contribution in [-0.2, 0) is 13.1 Å². The molecule has 0 unspecified atom stereocenters. The molecule has 0 atom stereocenters. The van der Waals surface area contributed by atoms with Gasteiger partial charge in [0.15, 0.2) is 0 Å². The van der Waals surface area contributed by atoms with Gasteiger partial charge in [-0.3, -0.25) is 19.4 Å². The molecule has 1 fully saturated rings. The molecular formula is C21H22Cl2FN5O2S2. The van der Waals surface area contributed by atoms with Gasteiger partial charge in [0.25, 0.3) is 5.56 Å². The zero-order chi connectivity index (χ0) is 23.7. The minimum atomic E-state index is -0.618. The Morgan fingerprint density at radius 1 is 1.24 bits per heavy atom. The number of aromatic nitrogens is 2. The van der Waals surface area contributed by atoms with Crippen LogP contribution in [0.25, 0.3) is 10.9 Å². The van der Waals surface area contributed by atoms with Crippen molar-refractivity contribution in [1.82, 2.24) is 19.2 Å². The molecule has 0 aliphatic carbocycles. The third-order valence-corrected chi connectivity index (χ3v) is 7.61. The number of thioether (sulfide) groups is 1. The molecule has 2 heterocycles. The number of H-pyrrole nitrogens is 1. The van der Waals surface area contributed by atoms with E-state index in [4.69, 9.17) is 28.3 Å². The first-order valence-corrected chi connectivity index (χ1v) is 12.8. The molecule has 1 saturated heterocycles. The summed E-state index contributed by atoms with van der Waals surface area (Å²) in [7, 11) is 0. The van der Waals surface area contributed by atoms with Gasteiger partial charge in [0.05, 0.1) is 22.5 Å². The third kappa shape index (κ3) is 5.12. The molecule has 2 aromatic carbocycles. The van der Waals surface area contributed by atoms with E-state index in [0.29, 0.717) is 18.1 Å². The second-order valence-electron chi connectivity index (χ2n) is 7.71. The largest absolute Gasteiger partial charge is 0.329 e. The van der Waals surface area contributed by atoms with Crippen LogP contribution in [0.4, 0.5) is 4.39 Å². The molecule has 1 aliphatic heterocycles. The number of fused-ring (bicyclic) bond motifs is 1. The Bertz CT molecular complexity index is 1310. The van der Waals surface area contributed by atoms with E-state index in [1.165, 1.54) is 0 Å². The SMILES string of the molecule is CCSc1ccc(Cl)cc1Cn1c(=O)[nH]c2c(Cl)c(CN3CC(NSN)C3)c(F)cc2c1=O. The van der Waals surface area contributed by atoms with Crippen molar-refractivity contribution in [3.63, 3.8) is 0 Å². The van der Waals surface area contributed by atoms with Crippen molar-refractivity contribution in [1.29, 1.82) is 0 Å². The molecule has 3 aromatic rings. The van der Waals surface area contributed by atoms with Gasteiger partial charge in [-0.15, -0.1) is 11.8 Å². The van der Waals surface area contributed by atoms with Crippen molar-refractivity contribution in [2.24, 2.45) is 5.14 Å². The van der Waals surface area contributed by atoms with Crippen LogP contribution in [0.1, 0.15) is 18.1 Å². The fourth-order valence-corrected chi connectivity index (χ4v) is 5.50. The maximum absolute atomic E-state index is 15.0. The number of likely N-dealkylation sites (tertiary alicyclic amines) is 1. The lowest BCUT2D eigenvalue weighted by atomic mass is 10.1. The molecule has 4 rings (SSSR count). The van der Waals surface area contributed by atoms with Crippen LogP contribution in [0, 0.1) is 5.82 Å². The van der Waals surface area contributed by atoms with Gasteiger partial charge in [-0.05, 0) is 35.6 Å². The Balaban J connectivity index is 1.70. The van der Waals surface area contributed by atoms with Crippen molar-refractivity contribution in [3.05, 3.63) is 72.1 Å². The molecule has 1 aliphatic rings. The quantitative estimate of drug-likeness (QED) is 0.303. The van der Waals surface area contributed by atoms with Gasteiger partial charge in [-0.2, -0.15) is 0 Å². The molecule has 0 radical (unpaired) electrons. The van der Waals surface area contributed by atoms with Crippen LogP contribution in [0.2, 0.25) is 10.0 Å². The van der Waals surface area contributed by atoms with E-state index in [0.717, 1.165) is 39.0 Å². The number of nitrogens with zero attached hydrogens (tertiary/aromatic N) is 2. The van der Waals surface area contributed by atoms with E-state index in [-0.39, 0.29) is 40.6 Å². The lowest BCUT2D eigenvalue weighted by Gasteiger charge is -2.39. The van der Waals surface area contributed by atoms with Crippen LogP contribution in [0.3, 0.4) is 0 Å². The number of nitrogens with one attached hydrogen (secondary N) is 2. The van der Waals surface area contributed by atoms with E-state index in [2.05, 4.69) is 9.71 Å². The molecule has 0 spiro atoms. The van der Waals surface area contributed by atoms with E-state index in [9.17, 15) is 14.0 Å². The standard InChI is InChI=1S/C21H22Cl2FN5O2S2/c1-2-32-17-4-3-12(22)5-11(17)7-29-20(30)14-6-16(24)15(18(23)19(14)26-21(29)31)10-28-8-13(9-28)27-33-25/h3-6,13,27H,2,7-10,25H2,1H3,(H,26,31). The van der Waals surface area contributed by atoms with Crippen molar-refractivity contribution >= 4 is 58.0 Å². The second kappa shape index (κ2) is 10.4. The van der Waals surface area contributed by atoms with E-state index >= 15 is 0 Å². The molecule has 0 bridgehead atoms. The number of rotatable bonds is 8. The summed E-state index contributed by atoms with van der Waals surface area (Å²) in [6.45, 7) is 3.66. The Morgan fingerprint density at radius 2 is 2.00 bits per heavy atom. The Labute approximate surface area is 208 Å². The van der Waals surface area contributed by atoms with Crippen molar-refractivity contribution in [3.8, 4) is 0 Å². The van der Waals surface area contributed by atoms with Crippen LogP contribution in [0.5, 0.6) is 0 Å². The summed E-state index contributed by atoms with van der Waals surface area (Å²) in [6, 6.07) is 6.72. The van der Waals surface area contributed by atoms with E-state index in [1.807, 2.05) is 17.9 Å². The lowest BCUT2D eigenvalue weighted by Crippen LogP contribution is -2.55. The van der Waals surface area contributed by atoms with Gasteiger partial charge >= 0.3 is 5.69 Å². The summed E-state index contributed by atoms with van der Waals surface area (Å²) in [5, 5.41) is 5.97. The molecule has 12 heteroatoms. The van der Waals surface area contributed by atoms with Crippen molar-refractivity contribution in [2.45, 2.75) is 31.0 Å². The molecule has 7 nitrogen and oxygen atoms in total. The molecule has 176 valence electrons. The first kappa shape index (κ1) is 24.6. The highest BCUT2D eigenvalue weighted by atomic mass is 35.5. The lowest BCUT2D eigenvalue weighted by molar-refractivity contribution is 0.133. The Kier molecular flexibility index (Phi) is 7.74. The summed E-state index contributed by atoms with van der Waals surface area (Å²) in [5.74, 6) is 0.234. The smallest absolute Gasteiger partial charge is 0.305 e. The zero-order valence-electron chi connectivity index (χ0n) is 17.7. The Morgan fingerprint density at radius 3 is 2.70 bits per heavy atom. The number of benzene rings is 2. The first-order valence-electron chi connectivity index (χ1n) is 10.2. The van der Waals surface area contributed by atoms with Gasteiger partial charge in [0.1, 0.15) is 5.82 Å². The molecule has 4 N–H and O–H groups in total. The number of aromatic amines is 1. The van der Waals surface area contributed by atoms with Crippen LogP contribution >= 0.6 is 47.1 Å². The second-order valence-corrected chi connectivity index (χ2v) is 10.3. The number of hydrogen-bond acceptors (Lipinski definition) is 7. The monoisotopic (exact) mass is 529 g/mol. The number of halogens is 3. The van der Waals surface area contributed by atoms with Gasteiger partial charge < -0.3 is 4.98 Å². The maximum Gasteiger partial charge on any atom is 0.329 e. The number of hydrogen-bond donors (Lipinski definition) is 3. The molecule has 33 heavy (non-hydrogen) atoms. The highest BCUT2D eigenvalue weighted by molar-refractivity contribution is 7.99. The van der Waals surface area contributed by atoms with E-state index < -0.39 is 17.1 Å². The predicted molar refractivity (Wildman–Crippen MR) is 135 cm³/mol. The van der Waals surface area contributed by atoms with Gasteiger partial charge in [0.2, 0.25) is 0 Å². The topological polar surface area (TPSA) is 96.2 Å². The fraction of sp³-hybridized carbons (Fsp3) is 0.333. The van der Waals surface area contributed by atoms with Crippen molar-refractivity contribution in [2.75, 3.05) is 18.8 Å². The summed E-state index contributed by atoms with van der Waals surface area (Å²) in [5.41, 5.74) is -0.107. The molecular weight excluding hydrogens is 508 g/mol. The normalized spacial score (nSPS) is 14.7. The fourth-order valence-electron chi connectivity index (χ4n) is 3.88. The Hall–Kier alpha value is -1.53. The first-order chi connectivity index (χ1) is 15.8. The maximum atomic E-state index is 15.0. The van der Waals surface area contributed by atoms with Crippen LogP contribution < -0.4 is 21.1 Å². The average Bonchev–Trinajstić information content (AvgIpc) is 2.75. The summed E-state index contributed by atoms with van der Waals surface area (Å²) in [6.07, 6.45) is 0. The van der Waals surface area contributed by atoms with Gasteiger partial charge in [0, 0.05) is 53.3 Å². The van der Waals surface area contributed by atoms with Crippen LogP contribution in [0.15, 0.2) is 38.8 Å². The zero-order valence-corrected chi connectivity index (χ0v) is 20.8. The minimum absolute atomic E-state index is 0.00924. The van der Waals surface area contributed by atoms with E-state index in [1.54, 1.807) is 23.9 Å². The minimum Gasteiger partial charge on any atom is -0.305 e. The third-order valence-electron chi connectivity index (χ3n) is 5.49. The molecule has 0 saturated carbocycles. The van der Waals surface area contributed by atoms with Crippen LogP contribution in [-0.4, -0.2) is 39.3 Å². The highest BCUT2D eigenvalue weighted by Gasteiger charge is 2.28. The van der Waals surface area contributed by atoms with Gasteiger partial charge in [-0.25, -0.2) is 13.9 Å². The number of nitrogens with two attached hydrogens (primary N) is 1. The van der Waals surface area contributed by atoms with Gasteiger partial charge in [-0.1, -0.05) is 30.1 Å². The predicted octanol–water partition coefficient (Wildman–Crippen LogP) is 3.59. The van der Waals surface area contributed by atoms with Crippen molar-refractivity contribution < 1.29 is 4.39 Å². The summed E-state index contributed by atoms with van der Waals surface area (Å²) >= 11 is 15.2. The molecule has 1 aromatic heterocycles. The summed E-state index contributed by atoms with van der Waals surface area (Å²) < 4.78 is 19.1. The average molecular weight is 530 g/mol. The summed E-state index contributed by atoms with van der Waals surface area (Å²) in [4.78, 5) is 31.6. The highest BCUT2D eigenvalue weighted by Crippen LogP contribution is 2.29.